The number of aromatic nitrogens is 3. The van der Waals surface area contributed by atoms with E-state index in [0.29, 0.717) is 25.2 Å². The Kier molecular flexibility index (Phi) is 3.74. The highest BCUT2D eigenvalue weighted by atomic mass is 16.2. The van der Waals surface area contributed by atoms with Gasteiger partial charge in [0.05, 0.1) is 18.3 Å². The fourth-order valence-corrected chi connectivity index (χ4v) is 3.12. The molecule has 0 aliphatic carbocycles. The molecule has 0 bridgehead atoms. The van der Waals surface area contributed by atoms with Crippen molar-refractivity contribution in [2.24, 2.45) is 5.73 Å². The summed E-state index contributed by atoms with van der Waals surface area (Å²) in [5.41, 5.74) is 8.43. The second kappa shape index (κ2) is 6.05. The molecule has 0 unspecified atom stereocenters. The molecule has 4 rings (SSSR count). The highest BCUT2D eigenvalue weighted by Gasteiger charge is 2.25. The van der Waals surface area contributed by atoms with Gasteiger partial charge in [-0.05, 0) is 18.1 Å². The number of nitrogens with two attached hydrogens (primary N) is 1. The molecule has 24 heavy (non-hydrogen) atoms. The molecule has 2 N–H and O–H groups in total. The highest BCUT2D eigenvalue weighted by molar-refractivity contribution is 5.97. The average Bonchev–Trinajstić information content (AvgIpc) is 3.21. The molecular formula is C18H19N5O. The van der Waals surface area contributed by atoms with Crippen LogP contribution in [0.3, 0.4) is 0 Å². The van der Waals surface area contributed by atoms with E-state index < -0.39 is 0 Å². The second-order valence-electron chi connectivity index (χ2n) is 6.22. The third-order valence-corrected chi connectivity index (χ3v) is 4.41. The summed E-state index contributed by atoms with van der Waals surface area (Å²) in [4.78, 5) is 18.8. The summed E-state index contributed by atoms with van der Waals surface area (Å²) in [6, 6.07) is 12.1. The average molecular weight is 321 g/mol. The van der Waals surface area contributed by atoms with Crippen molar-refractivity contribution in [1.29, 1.82) is 0 Å². The van der Waals surface area contributed by atoms with E-state index in [1.54, 1.807) is 17.3 Å². The van der Waals surface area contributed by atoms with E-state index in [1.807, 2.05) is 28.9 Å². The van der Waals surface area contributed by atoms with E-state index in [-0.39, 0.29) is 11.9 Å². The fraction of sp³-hybridized carbons (Fsp3) is 0.278. The van der Waals surface area contributed by atoms with E-state index in [2.05, 4.69) is 22.2 Å². The third kappa shape index (κ3) is 2.76. The van der Waals surface area contributed by atoms with Gasteiger partial charge in [0.2, 0.25) is 0 Å². The van der Waals surface area contributed by atoms with Crippen molar-refractivity contribution in [2.75, 3.05) is 13.1 Å². The van der Waals surface area contributed by atoms with Crippen molar-refractivity contribution in [3.8, 4) is 0 Å². The number of nitrogens with zero attached hydrogens (tertiary/aromatic N) is 4. The first kappa shape index (κ1) is 14.8. The molecule has 0 spiro atoms. The van der Waals surface area contributed by atoms with Crippen molar-refractivity contribution >= 4 is 16.9 Å². The Morgan fingerprint density at radius 3 is 2.83 bits per heavy atom. The molecule has 1 aromatic carbocycles. The van der Waals surface area contributed by atoms with Crippen LogP contribution in [-0.2, 0) is 6.54 Å². The van der Waals surface area contributed by atoms with Crippen LogP contribution < -0.4 is 5.73 Å². The molecule has 3 aromatic rings. The first-order chi connectivity index (χ1) is 11.7. The molecule has 1 saturated heterocycles. The normalized spacial score (nSPS) is 17.5. The Bertz CT molecular complexity index is 874. The van der Waals surface area contributed by atoms with Gasteiger partial charge >= 0.3 is 0 Å². The van der Waals surface area contributed by atoms with Crippen LogP contribution in [0.5, 0.6) is 0 Å². The summed E-state index contributed by atoms with van der Waals surface area (Å²) >= 11 is 0. The lowest BCUT2D eigenvalue weighted by molar-refractivity contribution is 0.0790. The first-order valence-electron chi connectivity index (χ1n) is 8.11. The number of fused-ring (bicyclic) bond motifs is 1. The zero-order valence-corrected chi connectivity index (χ0v) is 13.3. The minimum absolute atomic E-state index is 0.00633. The number of likely N-dealkylation sites (tertiary alicyclic amines) is 1. The van der Waals surface area contributed by atoms with E-state index >= 15 is 0 Å². The van der Waals surface area contributed by atoms with Gasteiger partial charge in [-0.3, -0.25) is 4.79 Å². The predicted octanol–water partition coefficient (Wildman–Crippen LogP) is 1.65. The van der Waals surface area contributed by atoms with Crippen LogP contribution in [0.25, 0.3) is 11.0 Å². The number of pyridine rings is 1. The predicted molar refractivity (Wildman–Crippen MR) is 91.6 cm³/mol. The minimum atomic E-state index is -0.00633. The van der Waals surface area contributed by atoms with Crippen LogP contribution in [0.15, 0.2) is 48.8 Å². The molecule has 1 fully saturated rings. The number of hydrogen-bond acceptors (Lipinski definition) is 4. The van der Waals surface area contributed by atoms with E-state index in [9.17, 15) is 4.79 Å². The highest BCUT2D eigenvalue weighted by Crippen LogP contribution is 2.17. The standard InChI is InChI=1S/C18H19N5O/c19-16-6-7-22(12-16)18(24)15-8-14-10-21-23(17(14)20-9-15)11-13-4-2-1-3-5-13/h1-5,8-10,16H,6-7,11-12,19H2/t16-/m0/s1. The lowest BCUT2D eigenvalue weighted by atomic mass is 10.2. The smallest absolute Gasteiger partial charge is 0.255 e. The first-order valence-corrected chi connectivity index (χ1v) is 8.11. The largest absolute Gasteiger partial charge is 0.337 e. The van der Waals surface area contributed by atoms with E-state index in [0.717, 1.165) is 23.0 Å². The quantitative estimate of drug-likeness (QED) is 0.796. The van der Waals surface area contributed by atoms with E-state index in [1.165, 1.54) is 0 Å². The fourth-order valence-electron chi connectivity index (χ4n) is 3.12. The summed E-state index contributed by atoms with van der Waals surface area (Å²) in [6.45, 7) is 1.99. The van der Waals surface area contributed by atoms with Crippen LogP contribution in [0, 0.1) is 0 Å². The molecule has 1 aliphatic rings. The maximum absolute atomic E-state index is 12.5. The Balaban J connectivity index is 1.60. The Morgan fingerprint density at radius 1 is 1.25 bits per heavy atom. The monoisotopic (exact) mass is 321 g/mol. The van der Waals surface area contributed by atoms with Gasteiger partial charge in [0, 0.05) is 30.7 Å². The summed E-state index contributed by atoms with van der Waals surface area (Å²) in [6.07, 6.45) is 4.26. The van der Waals surface area contributed by atoms with Crippen LogP contribution in [0.1, 0.15) is 22.3 Å². The topological polar surface area (TPSA) is 77.0 Å². The summed E-state index contributed by atoms with van der Waals surface area (Å²) in [5, 5.41) is 5.29. The number of rotatable bonds is 3. The zero-order valence-electron chi connectivity index (χ0n) is 13.3. The zero-order chi connectivity index (χ0) is 16.5. The maximum Gasteiger partial charge on any atom is 0.255 e. The van der Waals surface area contributed by atoms with Crippen LogP contribution in [-0.4, -0.2) is 44.7 Å². The van der Waals surface area contributed by atoms with Gasteiger partial charge in [-0.15, -0.1) is 0 Å². The van der Waals surface area contributed by atoms with Crippen molar-refractivity contribution in [3.63, 3.8) is 0 Å². The van der Waals surface area contributed by atoms with Gasteiger partial charge in [-0.2, -0.15) is 5.10 Å². The number of amides is 1. The molecule has 2 aromatic heterocycles. The summed E-state index contributed by atoms with van der Waals surface area (Å²) in [5.74, 6) is -0.00633. The SMILES string of the molecule is N[C@H]1CCN(C(=O)c2cnc3c(cnn3Cc3ccccc3)c2)C1. The van der Waals surface area contributed by atoms with E-state index in [4.69, 9.17) is 5.73 Å². The Morgan fingerprint density at radius 2 is 2.08 bits per heavy atom. The molecule has 0 saturated carbocycles. The summed E-state index contributed by atoms with van der Waals surface area (Å²) in [7, 11) is 0. The van der Waals surface area contributed by atoms with Gasteiger partial charge in [0.25, 0.3) is 5.91 Å². The maximum atomic E-state index is 12.5. The van der Waals surface area contributed by atoms with Crippen LogP contribution in [0.4, 0.5) is 0 Å². The Labute approximate surface area is 139 Å². The number of benzene rings is 1. The van der Waals surface area contributed by atoms with Gasteiger partial charge in [-0.1, -0.05) is 30.3 Å². The third-order valence-electron chi connectivity index (χ3n) is 4.41. The lowest BCUT2D eigenvalue weighted by Crippen LogP contribution is -2.31. The molecule has 1 amide bonds. The molecular weight excluding hydrogens is 302 g/mol. The summed E-state index contributed by atoms with van der Waals surface area (Å²) < 4.78 is 1.85. The number of hydrogen-bond donors (Lipinski definition) is 1. The van der Waals surface area contributed by atoms with Crippen molar-refractivity contribution < 1.29 is 4.79 Å². The van der Waals surface area contributed by atoms with Crippen molar-refractivity contribution in [3.05, 3.63) is 59.9 Å². The molecule has 122 valence electrons. The lowest BCUT2D eigenvalue weighted by Gasteiger charge is -2.15. The Hall–Kier alpha value is -2.73. The number of carbonyl (C=O) groups excluding carboxylic acids is 1. The minimum Gasteiger partial charge on any atom is -0.337 e. The second-order valence-corrected chi connectivity index (χ2v) is 6.22. The van der Waals surface area contributed by atoms with Crippen molar-refractivity contribution in [1.82, 2.24) is 19.7 Å². The van der Waals surface area contributed by atoms with Crippen LogP contribution >= 0.6 is 0 Å². The molecule has 0 radical (unpaired) electrons. The molecule has 1 aliphatic heterocycles. The van der Waals surface area contributed by atoms with Gasteiger partial charge in [0.1, 0.15) is 0 Å². The van der Waals surface area contributed by atoms with Crippen molar-refractivity contribution in [2.45, 2.75) is 19.0 Å². The molecule has 3 heterocycles. The molecule has 6 nitrogen and oxygen atoms in total. The molecule has 1 atom stereocenters. The van der Waals surface area contributed by atoms with Gasteiger partial charge in [-0.25, -0.2) is 9.67 Å². The van der Waals surface area contributed by atoms with Gasteiger partial charge < -0.3 is 10.6 Å². The molecule has 6 heteroatoms. The van der Waals surface area contributed by atoms with Gasteiger partial charge in [0.15, 0.2) is 5.65 Å². The number of carbonyl (C=O) groups is 1. The van der Waals surface area contributed by atoms with Crippen LogP contribution in [0.2, 0.25) is 0 Å².